The quantitative estimate of drug-likeness (QED) is 0.645. The molecule has 0 amide bonds. The fourth-order valence-corrected chi connectivity index (χ4v) is 5.10. The number of benzene rings is 1. The van der Waals surface area contributed by atoms with E-state index in [2.05, 4.69) is 38.9 Å². The van der Waals surface area contributed by atoms with E-state index >= 15 is 0 Å². The van der Waals surface area contributed by atoms with E-state index in [-0.39, 0.29) is 18.0 Å². The van der Waals surface area contributed by atoms with Crippen molar-refractivity contribution in [2.24, 2.45) is 0 Å². The van der Waals surface area contributed by atoms with Gasteiger partial charge in [-0.1, -0.05) is 19.9 Å². The van der Waals surface area contributed by atoms with Crippen LogP contribution in [0.25, 0.3) is 5.69 Å². The molecule has 1 aromatic carbocycles. The van der Waals surface area contributed by atoms with Gasteiger partial charge in [-0.3, -0.25) is 4.57 Å². The van der Waals surface area contributed by atoms with Gasteiger partial charge in [-0.2, -0.15) is 0 Å². The summed E-state index contributed by atoms with van der Waals surface area (Å²) in [6.07, 6.45) is 7.37. The second-order valence-electron chi connectivity index (χ2n) is 9.27. The van der Waals surface area contributed by atoms with Crippen LogP contribution in [-0.2, 0) is 12.8 Å². The van der Waals surface area contributed by atoms with Crippen molar-refractivity contribution in [3.63, 3.8) is 0 Å². The zero-order chi connectivity index (χ0) is 22.1. The summed E-state index contributed by atoms with van der Waals surface area (Å²) >= 11 is 0. The first-order valence-electron chi connectivity index (χ1n) is 11.6. The number of rotatable bonds is 5. The molecule has 1 N–H and O–H groups in total. The van der Waals surface area contributed by atoms with Crippen LogP contribution in [0.3, 0.4) is 0 Å². The van der Waals surface area contributed by atoms with Crippen molar-refractivity contribution in [2.75, 3.05) is 0 Å². The number of nitrogens with zero attached hydrogens (tertiary/aromatic N) is 4. The van der Waals surface area contributed by atoms with E-state index in [1.807, 2.05) is 24.3 Å². The highest BCUT2D eigenvalue weighted by Crippen LogP contribution is 2.36. The third kappa shape index (κ3) is 4.39. The Morgan fingerprint density at radius 3 is 2.66 bits per heavy atom. The number of hydrogen-bond donors (Lipinski definition) is 1. The maximum atomic E-state index is 14.1. The Kier molecular flexibility index (Phi) is 5.91. The fourth-order valence-electron chi connectivity index (χ4n) is 5.10. The second-order valence-corrected chi connectivity index (χ2v) is 9.27. The molecule has 7 heteroatoms. The monoisotopic (exact) mass is 435 g/mol. The third-order valence-electron chi connectivity index (χ3n) is 6.47. The maximum absolute atomic E-state index is 14.1. The van der Waals surface area contributed by atoms with Gasteiger partial charge in [-0.05, 0) is 61.9 Å². The number of aromatic nitrogens is 4. The molecule has 1 aliphatic heterocycles. The van der Waals surface area contributed by atoms with E-state index in [0.717, 1.165) is 61.4 Å². The molecule has 1 aliphatic carbocycles. The number of nitrogens with one attached hydrogen (secondary N) is 1. The molecule has 6 nitrogen and oxygen atoms in total. The summed E-state index contributed by atoms with van der Waals surface area (Å²) in [5.41, 5.74) is 2.02. The van der Waals surface area contributed by atoms with Crippen molar-refractivity contribution >= 4 is 0 Å². The van der Waals surface area contributed by atoms with Gasteiger partial charge in [-0.15, -0.1) is 10.2 Å². The first kappa shape index (κ1) is 21.1. The highest BCUT2D eigenvalue weighted by Gasteiger charge is 2.31. The molecule has 3 aromatic rings. The molecule has 1 atom stereocenters. The smallest absolute Gasteiger partial charge is 0.213 e. The predicted molar refractivity (Wildman–Crippen MR) is 121 cm³/mol. The van der Waals surface area contributed by atoms with Crippen molar-refractivity contribution in [1.29, 1.82) is 0 Å². The largest absolute Gasteiger partial charge is 0.474 e. The summed E-state index contributed by atoms with van der Waals surface area (Å²) in [5, 5.41) is 12.9. The van der Waals surface area contributed by atoms with Crippen LogP contribution in [0.15, 0.2) is 42.6 Å². The number of fused-ring (bicyclic) bond motifs is 3. The SMILES string of the molecule is CC(C)NC1Cc2cc(F)ccc2-n2c(nnc2[C@H]2CC[C@H](Oc3ccccn3)CC2)C1. The van der Waals surface area contributed by atoms with Crippen LogP contribution >= 0.6 is 0 Å². The molecule has 0 saturated heterocycles. The molecule has 1 fully saturated rings. The van der Waals surface area contributed by atoms with E-state index < -0.39 is 0 Å². The van der Waals surface area contributed by atoms with E-state index in [9.17, 15) is 4.39 Å². The second kappa shape index (κ2) is 8.98. The topological polar surface area (TPSA) is 64.9 Å². The van der Waals surface area contributed by atoms with Crippen LogP contribution in [0.4, 0.5) is 4.39 Å². The zero-order valence-corrected chi connectivity index (χ0v) is 18.7. The lowest BCUT2D eigenvalue weighted by Gasteiger charge is -2.28. The van der Waals surface area contributed by atoms with Gasteiger partial charge in [0.25, 0.3) is 0 Å². The van der Waals surface area contributed by atoms with Gasteiger partial charge in [0, 0.05) is 36.7 Å². The molecule has 1 saturated carbocycles. The van der Waals surface area contributed by atoms with Gasteiger partial charge in [0.15, 0.2) is 0 Å². The summed E-state index contributed by atoms with van der Waals surface area (Å²) in [7, 11) is 0. The van der Waals surface area contributed by atoms with Crippen LogP contribution < -0.4 is 10.1 Å². The Morgan fingerprint density at radius 2 is 1.91 bits per heavy atom. The van der Waals surface area contributed by atoms with E-state index in [1.54, 1.807) is 18.3 Å². The number of ether oxygens (including phenoxy) is 1. The molecule has 3 heterocycles. The van der Waals surface area contributed by atoms with Gasteiger partial charge in [0.1, 0.15) is 23.6 Å². The predicted octanol–water partition coefficient (Wildman–Crippen LogP) is 4.37. The Morgan fingerprint density at radius 1 is 1.06 bits per heavy atom. The fraction of sp³-hybridized carbons (Fsp3) is 0.480. The van der Waals surface area contributed by atoms with Gasteiger partial charge < -0.3 is 10.1 Å². The number of pyridine rings is 1. The molecular weight excluding hydrogens is 405 g/mol. The highest BCUT2D eigenvalue weighted by molar-refractivity contribution is 5.45. The van der Waals surface area contributed by atoms with Crippen LogP contribution in [0.5, 0.6) is 5.88 Å². The minimum Gasteiger partial charge on any atom is -0.474 e. The lowest BCUT2D eigenvalue weighted by Crippen LogP contribution is -2.37. The summed E-state index contributed by atoms with van der Waals surface area (Å²) in [5.74, 6) is 2.75. The lowest BCUT2D eigenvalue weighted by atomic mass is 9.86. The first-order chi connectivity index (χ1) is 15.6. The molecular formula is C25H30FN5O. The van der Waals surface area contributed by atoms with Gasteiger partial charge >= 0.3 is 0 Å². The van der Waals surface area contributed by atoms with Crippen LogP contribution in [0.1, 0.15) is 62.7 Å². The average Bonchev–Trinajstić information content (AvgIpc) is 3.11. The van der Waals surface area contributed by atoms with Crippen LogP contribution in [-0.4, -0.2) is 37.9 Å². The Labute approximate surface area is 188 Å². The Hall–Kier alpha value is -2.80. The minimum atomic E-state index is -0.197. The molecule has 1 unspecified atom stereocenters. The summed E-state index contributed by atoms with van der Waals surface area (Å²) in [4.78, 5) is 4.28. The van der Waals surface area contributed by atoms with Gasteiger partial charge in [0.05, 0.1) is 5.69 Å². The van der Waals surface area contributed by atoms with Crippen molar-refractivity contribution < 1.29 is 9.13 Å². The minimum absolute atomic E-state index is 0.175. The zero-order valence-electron chi connectivity index (χ0n) is 18.7. The first-order valence-corrected chi connectivity index (χ1v) is 11.6. The third-order valence-corrected chi connectivity index (χ3v) is 6.47. The lowest BCUT2D eigenvalue weighted by molar-refractivity contribution is 0.139. The normalized spacial score (nSPS) is 22.8. The summed E-state index contributed by atoms with van der Waals surface area (Å²) in [6, 6.07) is 11.4. The molecule has 2 aliphatic rings. The van der Waals surface area contributed by atoms with Gasteiger partial charge in [-0.25, -0.2) is 9.37 Å². The highest BCUT2D eigenvalue weighted by atomic mass is 19.1. The molecule has 32 heavy (non-hydrogen) atoms. The Balaban J connectivity index is 1.39. The van der Waals surface area contributed by atoms with Crippen LogP contribution in [0.2, 0.25) is 0 Å². The van der Waals surface area contributed by atoms with Crippen LogP contribution in [0, 0.1) is 5.82 Å². The van der Waals surface area contributed by atoms with E-state index in [4.69, 9.17) is 4.74 Å². The van der Waals surface area contributed by atoms with Crippen molar-refractivity contribution in [1.82, 2.24) is 25.1 Å². The molecule has 2 aromatic heterocycles. The molecule has 0 spiro atoms. The Bertz CT molecular complexity index is 1060. The molecule has 0 radical (unpaired) electrons. The summed E-state index contributed by atoms with van der Waals surface area (Å²) in [6.45, 7) is 4.28. The molecule has 0 bridgehead atoms. The number of hydrogen-bond acceptors (Lipinski definition) is 5. The average molecular weight is 436 g/mol. The van der Waals surface area contributed by atoms with Crippen molar-refractivity contribution in [2.45, 2.75) is 76.5 Å². The number of halogens is 1. The van der Waals surface area contributed by atoms with E-state index in [1.165, 1.54) is 0 Å². The standard InChI is InChI=1S/C25H30FN5O/c1-16(2)28-20-14-18-13-19(26)8-11-22(18)31-23(15-20)29-30-25(31)17-6-9-21(10-7-17)32-24-5-3-4-12-27-24/h3-5,8,11-13,16-17,20-21,28H,6-7,9-10,14-15H2,1-2H3/t17-,20?,21-. The van der Waals surface area contributed by atoms with E-state index in [0.29, 0.717) is 17.8 Å². The van der Waals surface area contributed by atoms with Gasteiger partial charge in [0.2, 0.25) is 5.88 Å². The molecule has 5 rings (SSSR count). The molecule has 168 valence electrons. The van der Waals surface area contributed by atoms with Crippen molar-refractivity contribution in [3.05, 3.63) is 65.6 Å². The summed E-state index contributed by atoms with van der Waals surface area (Å²) < 4.78 is 22.4. The maximum Gasteiger partial charge on any atom is 0.213 e. The van der Waals surface area contributed by atoms with Crippen molar-refractivity contribution in [3.8, 4) is 11.6 Å².